The van der Waals surface area contributed by atoms with Gasteiger partial charge in [-0.2, -0.15) is 11.8 Å². The summed E-state index contributed by atoms with van der Waals surface area (Å²) >= 11 is 1.93. The summed E-state index contributed by atoms with van der Waals surface area (Å²) in [5.41, 5.74) is 0.0169. The third-order valence-corrected chi connectivity index (χ3v) is 4.34. The van der Waals surface area contributed by atoms with E-state index in [2.05, 4.69) is 5.32 Å². The van der Waals surface area contributed by atoms with E-state index < -0.39 is 17.7 Å². The number of aliphatic hydroxyl groups is 1. The summed E-state index contributed by atoms with van der Waals surface area (Å²) in [5, 5.41) is 12.9. The molecule has 0 spiro atoms. The first-order chi connectivity index (χ1) is 8.66. The predicted molar refractivity (Wildman–Crippen MR) is 69.6 cm³/mol. The zero-order valence-corrected chi connectivity index (χ0v) is 10.9. The number of hydrogen-bond donors (Lipinski definition) is 2. The van der Waals surface area contributed by atoms with Gasteiger partial charge in [-0.15, -0.1) is 0 Å². The molecule has 2 atom stereocenters. The van der Waals surface area contributed by atoms with E-state index in [9.17, 15) is 13.9 Å². The van der Waals surface area contributed by atoms with Gasteiger partial charge in [0.15, 0.2) is 0 Å². The molecule has 1 heterocycles. The van der Waals surface area contributed by atoms with Crippen molar-refractivity contribution in [1.82, 2.24) is 5.32 Å². The summed E-state index contributed by atoms with van der Waals surface area (Å²) in [6, 6.07) is 3.14. The molecule has 100 valence electrons. The Labute approximate surface area is 110 Å². The molecule has 0 saturated carbocycles. The number of rotatable bonds is 5. The Morgan fingerprint density at radius 1 is 1.44 bits per heavy atom. The summed E-state index contributed by atoms with van der Waals surface area (Å²) in [7, 11) is 0. The van der Waals surface area contributed by atoms with Gasteiger partial charge < -0.3 is 10.4 Å². The topological polar surface area (TPSA) is 32.3 Å². The van der Waals surface area contributed by atoms with E-state index in [1.807, 2.05) is 11.8 Å². The maximum Gasteiger partial charge on any atom is 0.129 e. The highest BCUT2D eigenvalue weighted by atomic mass is 32.2. The van der Waals surface area contributed by atoms with Crippen LogP contribution in [0.4, 0.5) is 8.78 Å². The van der Waals surface area contributed by atoms with Gasteiger partial charge in [0.1, 0.15) is 11.6 Å². The summed E-state index contributed by atoms with van der Waals surface area (Å²) in [4.78, 5) is 0. The molecule has 0 radical (unpaired) electrons. The van der Waals surface area contributed by atoms with Crippen LogP contribution in [0.2, 0.25) is 0 Å². The maximum absolute atomic E-state index is 13.4. The van der Waals surface area contributed by atoms with Crippen molar-refractivity contribution in [3.05, 3.63) is 35.4 Å². The number of thioether (sulfide) groups is 1. The fourth-order valence-corrected chi connectivity index (χ4v) is 3.33. The van der Waals surface area contributed by atoms with Crippen LogP contribution in [-0.2, 0) is 0 Å². The molecule has 2 unspecified atom stereocenters. The molecule has 0 bridgehead atoms. The highest BCUT2D eigenvalue weighted by Gasteiger charge is 2.17. The summed E-state index contributed by atoms with van der Waals surface area (Å²) in [6.07, 6.45) is 0.178. The van der Waals surface area contributed by atoms with Gasteiger partial charge in [0, 0.05) is 12.1 Å². The van der Waals surface area contributed by atoms with E-state index in [1.54, 1.807) is 0 Å². The highest BCUT2D eigenvalue weighted by molar-refractivity contribution is 7.99. The summed E-state index contributed by atoms with van der Waals surface area (Å²) < 4.78 is 26.4. The van der Waals surface area contributed by atoms with Crippen molar-refractivity contribution in [2.24, 2.45) is 5.92 Å². The van der Waals surface area contributed by atoms with Crippen LogP contribution in [0, 0.1) is 17.6 Å². The minimum Gasteiger partial charge on any atom is -0.387 e. The first-order valence-corrected chi connectivity index (χ1v) is 7.24. The normalized spacial score (nSPS) is 21.2. The Morgan fingerprint density at radius 3 is 3.00 bits per heavy atom. The summed E-state index contributed by atoms with van der Waals surface area (Å²) in [5.74, 6) is 1.85. The minimum atomic E-state index is -1.00. The molecule has 1 aliphatic rings. The van der Waals surface area contributed by atoms with Gasteiger partial charge in [-0.05, 0) is 48.6 Å². The third kappa shape index (κ3) is 3.67. The van der Waals surface area contributed by atoms with E-state index in [-0.39, 0.29) is 12.1 Å². The second-order valence-electron chi connectivity index (χ2n) is 4.57. The van der Waals surface area contributed by atoms with Crippen LogP contribution in [0.15, 0.2) is 18.2 Å². The van der Waals surface area contributed by atoms with Gasteiger partial charge in [-0.3, -0.25) is 0 Å². The Bertz CT molecular complexity index is 397. The first kappa shape index (κ1) is 13.8. The van der Waals surface area contributed by atoms with E-state index in [1.165, 1.54) is 12.2 Å². The van der Waals surface area contributed by atoms with Crippen molar-refractivity contribution in [1.29, 1.82) is 0 Å². The molecule has 18 heavy (non-hydrogen) atoms. The molecule has 5 heteroatoms. The van der Waals surface area contributed by atoms with Gasteiger partial charge in [0.05, 0.1) is 6.10 Å². The molecule has 1 saturated heterocycles. The van der Waals surface area contributed by atoms with Gasteiger partial charge in [-0.1, -0.05) is 0 Å². The number of hydrogen-bond acceptors (Lipinski definition) is 3. The molecule has 1 fully saturated rings. The second kappa shape index (κ2) is 6.50. The Balaban J connectivity index is 1.83. The van der Waals surface area contributed by atoms with Crippen LogP contribution >= 0.6 is 11.8 Å². The van der Waals surface area contributed by atoms with Crippen LogP contribution < -0.4 is 5.32 Å². The molecule has 0 amide bonds. The largest absolute Gasteiger partial charge is 0.387 e. The van der Waals surface area contributed by atoms with Gasteiger partial charge in [-0.25, -0.2) is 8.78 Å². The quantitative estimate of drug-likeness (QED) is 0.863. The highest BCUT2D eigenvalue weighted by Crippen LogP contribution is 2.23. The smallest absolute Gasteiger partial charge is 0.129 e. The fourth-order valence-electron chi connectivity index (χ4n) is 2.05. The van der Waals surface area contributed by atoms with Crippen molar-refractivity contribution >= 4 is 11.8 Å². The molecule has 2 nitrogen and oxygen atoms in total. The zero-order chi connectivity index (χ0) is 13.0. The lowest BCUT2D eigenvalue weighted by atomic mass is 10.1. The van der Waals surface area contributed by atoms with E-state index in [0.29, 0.717) is 5.92 Å². The molecule has 0 aliphatic carbocycles. The maximum atomic E-state index is 13.4. The molecule has 1 aliphatic heterocycles. The van der Waals surface area contributed by atoms with Crippen LogP contribution in [0.5, 0.6) is 0 Å². The van der Waals surface area contributed by atoms with Gasteiger partial charge in [0.25, 0.3) is 0 Å². The van der Waals surface area contributed by atoms with Gasteiger partial charge >= 0.3 is 0 Å². The molecule has 2 rings (SSSR count). The Morgan fingerprint density at radius 2 is 2.28 bits per heavy atom. The second-order valence-corrected chi connectivity index (χ2v) is 5.72. The summed E-state index contributed by atoms with van der Waals surface area (Å²) in [6.45, 7) is 1.07. The van der Waals surface area contributed by atoms with E-state index >= 15 is 0 Å². The first-order valence-electron chi connectivity index (χ1n) is 6.08. The Kier molecular flexibility index (Phi) is 4.97. The van der Waals surface area contributed by atoms with Crippen molar-refractivity contribution in [3.8, 4) is 0 Å². The van der Waals surface area contributed by atoms with Crippen LogP contribution in [0.3, 0.4) is 0 Å². The number of halogens is 2. The van der Waals surface area contributed by atoms with Crippen molar-refractivity contribution < 1.29 is 13.9 Å². The minimum absolute atomic E-state index is 0.0169. The molecular weight excluding hydrogens is 256 g/mol. The Hall–Kier alpha value is -0.650. The SMILES string of the molecule is OC(CNCC1CCSC1)c1cc(F)ccc1F. The van der Waals surface area contributed by atoms with Crippen molar-refractivity contribution in [2.45, 2.75) is 12.5 Å². The number of nitrogens with one attached hydrogen (secondary N) is 1. The number of benzene rings is 1. The third-order valence-electron chi connectivity index (χ3n) is 3.11. The van der Waals surface area contributed by atoms with E-state index in [0.717, 1.165) is 30.5 Å². The standard InChI is InChI=1S/C13H17F2NOS/c14-10-1-2-12(15)11(5-10)13(17)7-16-6-9-3-4-18-8-9/h1-2,5,9,13,16-17H,3-4,6-8H2. The molecule has 1 aromatic rings. The lowest BCUT2D eigenvalue weighted by molar-refractivity contribution is 0.168. The molecule has 0 aromatic heterocycles. The molecule has 2 N–H and O–H groups in total. The predicted octanol–water partition coefficient (Wildman–Crippen LogP) is 2.34. The molecule has 1 aromatic carbocycles. The van der Waals surface area contributed by atoms with E-state index in [4.69, 9.17) is 0 Å². The van der Waals surface area contributed by atoms with Crippen LogP contribution in [0.25, 0.3) is 0 Å². The monoisotopic (exact) mass is 273 g/mol. The van der Waals surface area contributed by atoms with Crippen LogP contribution in [0.1, 0.15) is 18.1 Å². The lowest BCUT2D eigenvalue weighted by Gasteiger charge is -2.15. The average molecular weight is 273 g/mol. The fraction of sp³-hybridized carbons (Fsp3) is 0.538. The van der Waals surface area contributed by atoms with Crippen molar-refractivity contribution in [3.63, 3.8) is 0 Å². The zero-order valence-electron chi connectivity index (χ0n) is 10.0. The lowest BCUT2D eigenvalue weighted by Crippen LogP contribution is -2.27. The van der Waals surface area contributed by atoms with Crippen LogP contribution in [-0.4, -0.2) is 29.7 Å². The van der Waals surface area contributed by atoms with Gasteiger partial charge in [0.2, 0.25) is 0 Å². The average Bonchev–Trinajstić information content (AvgIpc) is 2.85. The number of aliphatic hydroxyl groups excluding tert-OH is 1. The molecular formula is C13H17F2NOS. The van der Waals surface area contributed by atoms with Crippen molar-refractivity contribution in [2.75, 3.05) is 24.6 Å².